The van der Waals surface area contributed by atoms with E-state index in [2.05, 4.69) is 20.1 Å². The summed E-state index contributed by atoms with van der Waals surface area (Å²) >= 11 is 0. The first-order chi connectivity index (χ1) is 12.6. The van der Waals surface area contributed by atoms with E-state index in [1.807, 2.05) is 0 Å². The molecule has 1 unspecified atom stereocenters. The number of aryl methyl sites for hydroxylation is 2. The second kappa shape index (κ2) is 6.95. The van der Waals surface area contributed by atoms with Crippen LogP contribution in [0.5, 0.6) is 0 Å². The fourth-order valence-electron chi connectivity index (χ4n) is 3.34. The van der Waals surface area contributed by atoms with E-state index in [1.165, 1.54) is 28.1 Å². The number of hydrogen-bond donors (Lipinski definition) is 1. The Morgan fingerprint density at radius 1 is 1.41 bits per heavy atom. The van der Waals surface area contributed by atoms with Crippen molar-refractivity contribution in [3.63, 3.8) is 0 Å². The lowest BCUT2D eigenvalue weighted by Gasteiger charge is -2.37. The Kier molecular flexibility index (Phi) is 4.98. The molecule has 2 amide bonds. The lowest BCUT2D eigenvalue weighted by Crippen LogP contribution is -2.48. The summed E-state index contributed by atoms with van der Waals surface area (Å²) in [5.74, 6) is -0.440. The molecule has 2 aromatic rings. The largest absolute Gasteiger partial charge is 0.363 e. The maximum atomic E-state index is 15.5. The number of piperidine rings is 1. The van der Waals surface area contributed by atoms with Crippen molar-refractivity contribution in [2.45, 2.75) is 36.6 Å². The highest BCUT2D eigenvalue weighted by molar-refractivity contribution is 7.92. The van der Waals surface area contributed by atoms with Gasteiger partial charge >= 0.3 is 6.03 Å². The van der Waals surface area contributed by atoms with Crippen LogP contribution in [-0.2, 0) is 16.9 Å². The van der Waals surface area contributed by atoms with Gasteiger partial charge in [0.2, 0.25) is 14.8 Å². The van der Waals surface area contributed by atoms with E-state index in [9.17, 15) is 13.2 Å². The average Bonchev–Trinajstić information content (AvgIpc) is 3.24. The number of nitrogens with zero attached hydrogens (tertiary/aromatic N) is 4. The first kappa shape index (κ1) is 19.3. The zero-order valence-electron chi connectivity index (χ0n) is 15.3. The molecule has 148 valence electrons. The quantitative estimate of drug-likeness (QED) is 0.843. The number of hydrogen-bond acceptors (Lipinski definition) is 6. The molecule has 0 aromatic carbocycles. The van der Waals surface area contributed by atoms with Gasteiger partial charge in [0.05, 0.1) is 5.69 Å². The fraction of sp³-hybridized carbons (Fsp3) is 0.562. The molecule has 1 N–H and O–H groups in total. The molecule has 1 atom stereocenters. The van der Waals surface area contributed by atoms with E-state index in [0.29, 0.717) is 0 Å². The molecule has 3 heterocycles. The van der Waals surface area contributed by atoms with E-state index in [0.717, 1.165) is 6.92 Å². The summed E-state index contributed by atoms with van der Waals surface area (Å²) in [5.41, 5.74) is 0.269. The second-order valence-electron chi connectivity index (χ2n) is 6.82. The SMILES string of the molecule is Cc1nn(C)cc1S(=O)(=O)C(C)(F)C1CCN(C(=O)Nc2ccon2)CC1. The number of halogens is 1. The number of aromatic nitrogens is 3. The number of likely N-dealkylation sites (tertiary alicyclic amines) is 1. The van der Waals surface area contributed by atoms with Crippen molar-refractivity contribution in [2.24, 2.45) is 13.0 Å². The second-order valence-corrected chi connectivity index (χ2v) is 9.06. The van der Waals surface area contributed by atoms with Gasteiger partial charge in [-0.3, -0.25) is 10.00 Å². The summed E-state index contributed by atoms with van der Waals surface area (Å²) in [6.07, 6.45) is 3.13. The Labute approximate surface area is 156 Å². The van der Waals surface area contributed by atoms with Crippen molar-refractivity contribution in [2.75, 3.05) is 18.4 Å². The lowest BCUT2D eigenvalue weighted by molar-refractivity contribution is 0.117. The minimum absolute atomic E-state index is 0.0961. The standard InChI is InChI=1S/C16H22FN5O4S/c1-11-13(10-21(3)19-11)27(24,25)16(2,17)12-4-7-22(8-5-12)15(23)18-14-6-9-26-20-14/h6,9-10,12H,4-5,7-8H2,1-3H3,(H,18,20,23). The van der Waals surface area contributed by atoms with Gasteiger partial charge in [0.25, 0.3) is 0 Å². The van der Waals surface area contributed by atoms with Crippen molar-refractivity contribution in [1.82, 2.24) is 19.8 Å². The van der Waals surface area contributed by atoms with Crippen LogP contribution in [0.2, 0.25) is 0 Å². The molecule has 0 saturated carbocycles. The summed E-state index contributed by atoms with van der Waals surface area (Å²) in [6, 6.07) is 1.13. The van der Waals surface area contributed by atoms with Crippen molar-refractivity contribution in [3.05, 3.63) is 24.2 Å². The summed E-state index contributed by atoms with van der Waals surface area (Å²) in [7, 11) is -2.63. The zero-order chi connectivity index (χ0) is 19.8. The van der Waals surface area contributed by atoms with E-state index < -0.39 is 20.8 Å². The molecular formula is C16H22FN5O4S. The third-order valence-corrected chi connectivity index (χ3v) is 7.33. The van der Waals surface area contributed by atoms with Crippen LogP contribution in [0.15, 0.2) is 27.9 Å². The number of nitrogens with one attached hydrogen (secondary N) is 1. The van der Waals surface area contributed by atoms with Gasteiger partial charge in [0.1, 0.15) is 11.2 Å². The van der Waals surface area contributed by atoms with Gasteiger partial charge in [-0.1, -0.05) is 5.16 Å². The minimum atomic E-state index is -4.22. The van der Waals surface area contributed by atoms with E-state index >= 15 is 4.39 Å². The number of urea groups is 1. The molecular weight excluding hydrogens is 377 g/mol. The highest BCUT2D eigenvalue weighted by atomic mass is 32.2. The van der Waals surface area contributed by atoms with Crippen molar-refractivity contribution in [3.8, 4) is 0 Å². The highest BCUT2D eigenvalue weighted by Gasteiger charge is 2.49. The van der Waals surface area contributed by atoms with Crippen molar-refractivity contribution < 1.29 is 22.1 Å². The van der Waals surface area contributed by atoms with E-state index in [1.54, 1.807) is 14.0 Å². The molecule has 0 aliphatic carbocycles. The van der Waals surface area contributed by atoms with Crippen LogP contribution in [0.1, 0.15) is 25.5 Å². The summed E-state index contributed by atoms with van der Waals surface area (Å²) in [4.78, 5) is 13.6. The van der Waals surface area contributed by atoms with Gasteiger partial charge < -0.3 is 9.42 Å². The van der Waals surface area contributed by atoms with Crippen LogP contribution < -0.4 is 5.32 Å². The smallest absolute Gasteiger partial charge is 0.323 e. The van der Waals surface area contributed by atoms with Gasteiger partial charge in [0.15, 0.2) is 5.82 Å². The van der Waals surface area contributed by atoms with Gasteiger partial charge in [-0.15, -0.1) is 0 Å². The first-order valence-corrected chi connectivity index (χ1v) is 10.0. The maximum absolute atomic E-state index is 15.5. The third kappa shape index (κ3) is 3.55. The van der Waals surface area contributed by atoms with Crippen LogP contribution in [0.4, 0.5) is 15.0 Å². The fourth-order valence-corrected chi connectivity index (χ4v) is 5.17. The lowest BCUT2D eigenvalue weighted by atomic mass is 9.92. The molecule has 0 radical (unpaired) electrons. The molecule has 1 aliphatic rings. The molecule has 11 heteroatoms. The topological polar surface area (TPSA) is 110 Å². The monoisotopic (exact) mass is 399 g/mol. The summed E-state index contributed by atoms with van der Waals surface area (Å²) in [5, 5.41) is 7.72. The Morgan fingerprint density at radius 2 is 2.07 bits per heavy atom. The number of alkyl halides is 1. The maximum Gasteiger partial charge on any atom is 0.323 e. The molecule has 27 heavy (non-hydrogen) atoms. The summed E-state index contributed by atoms with van der Waals surface area (Å²) in [6.45, 7) is 3.13. The van der Waals surface area contributed by atoms with Crippen molar-refractivity contribution >= 4 is 21.7 Å². The number of rotatable bonds is 4. The molecule has 1 saturated heterocycles. The number of anilines is 1. The van der Waals surface area contributed by atoms with Gasteiger partial charge in [-0.25, -0.2) is 17.6 Å². The van der Waals surface area contributed by atoms with Crippen LogP contribution in [0.25, 0.3) is 0 Å². The Morgan fingerprint density at radius 3 is 2.59 bits per heavy atom. The summed E-state index contributed by atoms with van der Waals surface area (Å²) < 4.78 is 47.2. The number of amides is 2. The molecule has 0 bridgehead atoms. The Hall–Kier alpha value is -2.43. The molecule has 9 nitrogen and oxygen atoms in total. The van der Waals surface area contributed by atoms with Crippen LogP contribution in [-0.4, -0.2) is 52.4 Å². The van der Waals surface area contributed by atoms with Gasteiger partial charge in [-0.2, -0.15) is 5.10 Å². The molecule has 1 fully saturated rings. The Bertz CT molecular complexity index is 915. The van der Waals surface area contributed by atoms with Gasteiger partial charge in [0, 0.05) is 38.3 Å². The van der Waals surface area contributed by atoms with Crippen LogP contribution >= 0.6 is 0 Å². The first-order valence-electron chi connectivity index (χ1n) is 8.53. The van der Waals surface area contributed by atoms with Gasteiger partial charge in [-0.05, 0) is 26.7 Å². The van der Waals surface area contributed by atoms with Crippen LogP contribution in [0.3, 0.4) is 0 Å². The van der Waals surface area contributed by atoms with Crippen LogP contribution in [0, 0.1) is 12.8 Å². The minimum Gasteiger partial charge on any atom is -0.363 e. The predicted octanol–water partition coefficient (Wildman–Crippen LogP) is 2.12. The Balaban J connectivity index is 1.69. The van der Waals surface area contributed by atoms with E-state index in [-0.39, 0.29) is 48.4 Å². The third-order valence-electron chi connectivity index (χ3n) is 4.97. The van der Waals surface area contributed by atoms with Crippen molar-refractivity contribution in [1.29, 1.82) is 0 Å². The molecule has 3 rings (SSSR count). The number of sulfone groups is 1. The average molecular weight is 399 g/mol. The number of carbonyl (C=O) groups is 1. The predicted molar refractivity (Wildman–Crippen MR) is 94.5 cm³/mol. The molecule has 1 aliphatic heterocycles. The normalized spacial score (nSPS) is 18.3. The number of carbonyl (C=O) groups excluding carboxylic acids is 1. The zero-order valence-corrected chi connectivity index (χ0v) is 16.2. The molecule has 2 aromatic heterocycles. The highest BCUT2D eigenvalue weighted by Crippen LogP contribution is 2.40. The molecule has 0 spiro atoms. The van der Waals surface area contributed by atoms with E-state index in [4.69, 9.17) is 0 Å².